The Labute approximate surface area is 195 Å². The molecule has 0 radical (unpaired) electrons. The second kappa shape index (κ2) is 8.78. The van der Waals surface area contributed by atoms with Crippen molar-refractivity contribution in [1.82, 2.24) is 4.57 Å². The number of hydrogen-bond acceptors (Lipinski definition) is 8. The van der Waals surface area contributed by atoms with Gasteiger partial charge in [-0.1, -0.05) is 24.3 Å². The molecule has 3 aromatic carbocycles. The Morgan fingerprint density at radius 3 is 1.65 bits per heavy atom. The summed E-state index contributed by atoms with van der Waals surface area (Å²) in [6, 6.07) is 6.91. The van der Waals surface area contributed by atoms with Crippen LogP contribution < -0.4 is 33.4 Å². The van der Waals surface area contributed by atoms with Gasteiger partial charge in [-0.15, -0.1) is 0 Å². The molecule has 1 heterocycles. The van der Waals surface area contributed by atoms with Gasteiger partial charge in [0.15, 0.2) is 10.9 Å². The van der Waals surface area contributed by atoms with E-state index in [0.29, 0.717) is 25.7 Å². The van der Waals surface area contributed by atoms with E-state index in [-0.39, 0.29) is 50.2 Å². The monoisotopic (exact) mass is 481 g/mol. The van der Waals surface area contributed by atoms with E-state index < -0.39 is 30.5 Å². The van der Waals surface area contributed by atoms with Gasteiger partial charge in [-0.2, -0.15) is 0 Å². The summed E-state index contributed by atoms with van der Waals surface area (Å²) in [6.07, 6.45) is 0.469. The molecule has 0 amide bonds. The van der Waals surface area contributed by atoms with Gasteiger partial charge in [0.05, 0.1) is 32.9 Å². The molecule has 4 aromatic rings. The molecule has 0 saturated carbocycles. The zero-order valence-corrected chi connectivity index (χ0v) is 20.4. The summed E-state index contributed by atoms with van der Waals surface area (Å²) in [7, 11) is -2.43. The third-order valence-electron chi connectivity index (χ3n) is 6.28. The van der Waals surface area contributed by atoms with Gasteiger partial charge in [0.1, 0.15) is 0 Å². The van der Waals surface area contributed by atoms with E-state index >= 15 is 0 Å². The first-order valence-corrected chi connectivity index (χ1v) is 13.8. The highest BCUT2D eigenvalue weighted by atomic mass is 28.4. The Morgan fingerprint density at radius 1 is 0.794 bits per heavy atom. The van der Waals surface area contributed by atoms with Crippen LogP contribution in [0.1, 0.15) is 20.3 Å². The molecule has 0 atom stereocenters. The first-order chi connectivity index (χ1) is 16.2. The summed E-state index contributed by atoms with van der Waals surface area (Å²) in [5.41, 5.74) is 9.93. The minimum Gasteiger partial charge on any atom is -0.397 e. The number of nitrogens with zero attached hydrogens (tertiary/aromatic N) is 1. The molecule has 10 heteroatoms. The molecule has 0 bridgehead atoms. The van der Waals surface area contributed by atoms with Crippen molar-refractivity contribution in [2.24, 2.45) is 0 Å². The van der Waals surface area contributed by atoms with Crippen molar-refractivity contribution in [1.29, 1.82) is 0 Å². The van der Waals surface area contributed by atoms with Crippen LogP contribution in [0.5, 0.6) is 0 Å². The predicted molar refractivity (Wildman–Crippen MR) is 138 cm³/mol. The number of anilines is 2. The average molecular weight is 482 g/mol. The van der Waals surface area contributed by atoms with Gasteiger partial charge >= 0.3 is 8.56 Å². The zero-order chi connectivity index (χ0) is 24.8. The molecule has 178 valence electrons. The highest BCUT2D eigenvalue weighted by Gasteiger charge is 2.31. The summed E-state index contributed by atoms with van der Waals surface area (Å²) in [6.45, 7) is 6.87. The fraction of sp³-hybridized carbons (Fsp3) is 0.333. The van der Waals surface area contributed by atoms with Crippen molar-refractivity contribution in [2.75, 3.05) is 24.7 Å². The lowest BCUT2D eigenvalue weighted by Crippen LogP contribution is -2.39. The molecule has 34 heavy (non-hydrogen) atoms. The SMILES string of the molecule is CCO[Si](C)(CCCn1c(=O)c2c(N)c3c(=O)c4ccccc4c(=O)c3c(N)c2c1=O)OCC. The summed E-state index contributed by atoms with van der Waals surface area (Å²) in [4.78, 5) is 52.8. The Hall–Kier alpha value is -3.34. The first-order valence-electron chi connectivity index (χ1n) is 11.2. The molecule has 0 spiro atoms. The van der Waals surface area contributed by atoms with Crippen molar-refractivity contribution in [2.45, 2.75) is 39.4 Å². The van der Waals surface area contributed by atoms with Gasteiger partial charge < -0.3 is 20.3 Å². The number of nitrogen functional groups attached to an aromatic ring is 2. The molecule has 0 saturated heterocycles. The topological polar surface area (TPSA) is 144 Å². The lowest BCUT2D eigenvalue weighted by atomic mass is 9.97. The smallest absolute Gasteiger partial charge is 0.334 e. The number of rotatable bonds is 8. The predicted octanol–water partition coefficient (Wildman–Crippen LogP) is 1.96. The standard InChI is InChI=1S/C24H27N3O6Si/c1-4-32-34(3,33-5-2)12-8-11-27-23(30)17-18(24(27)31)20(26)16-15(19(17)25)21(28)13-9-6-7-10-14(13)22(16)29/h6-7,9-10H,4-5,8,11-12,25-26H2,1-3H3. The van der Waals surface area contributed by atoms with Crippen LogP contribution in [0, 0.1) is 0 Å². The lowest BCUT2D eigenvalue weighted by molar-refractivity contribution is 0.188. The lowest BCUT2D eigenvalue weighted by Gasteiger charge is -2.25. The molecule has 4 N–H and O–H groups in total. The van der Waals surface area contributed by atoms with Crippen LogP contribution in [0.2, 0.25) is 12.6 Å². The molecule has 0 aliphatic rings. The maximum Gasteiger partial charge on any atom is 0.334 e. The van der Waals surface area contributed by atoms with Gasteiger partial charge in [-0.05, 0) is 32.9 Å². The van der Waals surface area contributed by atoms with Gasteiger partial charge in [0.25, 0.3) is 11.1 Å². The fourth-order valence-electron chi connectivity index (χ4n) is 4.77. The third-order valence-corrected chi connectivity index (χ3v) is 9.34. The van der Waals surface area contributed by atoms with Crippen molar-refractivity contribution in [3.63, 3.8) is 0 Å². The molecule has 0 unspecified atom stereocenters. The quantitative estimate of drug-likeness (QED) is 0.168. The number of hydrogen-bond donors (Lipinski definition) is 2. The van der Waals surface area contributed by atoms with Crippen LogP contribution in [-0.4, -0.2) is 26.3 Å². The van der Waals surface area contributed by atoms with E-state index in [0.717, 1.165) is 4.57 Å². The first kappa shape index (κ1) is 23.8. The maximum atomic E-state index is 13.2. The second-order valence-electron chi connectivity index (χ2n) is 8.40. The number of benzene rings is 3. The van der Waals surface area contributed by atoms with Crippen molar-refractivity contribution in [3.05, 3.63) is 65.4 Å². The highest BCUT2D eigenvalue weighted by Crippen LogP contribution is 2.31. The number of fused-ring (bicyclic) bond motifs is 3. The molecular weight excluding hydrogens is 454 g/mol. The average Bonchev–Trinajstić information content (AvgIpc) is 3.05. The van der Waals surface area contributed by atoms with Crippen LogP contribution in [0.15, 0.2) is 43.4 Å². The Bertz CT molecular complexity index is 1520. The minimum absolute atomic E-state index is 0.112. The summed E-state index contributed by atoms with van der Waals surface area (Å²) in [5.74, 6) is 0. The van der Waals surface area contributed by atoms with Gasteiger partial charge in [-0.3, -0.25) is 23.7 Å². The van der Waals surface area contributed by atoms with E-state index in [2.05, 4.69) is 0 Å². The van der Waals surface area contributed by atoms with Crippen LogP contribution in [0.3, 0.4) is 0 Å². The molecule has 1 aromatic heterocycles. The van der Waals surface area contributed by atoms with Crippen LogP contribution in [0.4, 0.5) is 11.4 Å². The largest absolute Gasteiger partial charge is 0.397 e. The normalized spacial score (nSPS) is 12.3. The van der Waals surface area contributed by atoms with Gasteiger partial charge in [0.2, 0.25) is 0 Å². The summed E-state index contributed by atoms with van der Waals surface area (Å²) >= 11 is 0. The molecule has 0 aliphatic carbocycles. The summed E-state index contributed by atoms with van der Waals surface area (Å²) < 4.78 is 12.7. The Kier molecular flexibility index (Phi) is 6.15. The molecule has 0 fully saturated rings. The molecule has 4 rings (SSSR count). The summed E-state index contributed by atoms with van der Waals surface area (Å²) in [5, 5.41) is -0.0781. The van der Waals surface area contributed by atoms with Crippen molar-refractivity contribution in [3.8, 4) is 0 Å². The number of aromatic nitrogens is 1. The Balaban J connectivity index is 1.91. The maximum absolute atomic E-state index is 13.2. The van der Waals surface area contributed by atoms with Crippen LogP contribution in [0.25, 0.3) is 32.3 Å². The van der Waals surface area contributed by atoms with Crippen LogP contribution >= 0.6 is 0 Å². The number of nitrogens with two attached hydrogens (primary N) is 2. The fourth-order valence-corrected chi connectivity index (χ4v) is 7.17. The second-order valence-corrected chi connectivity index (χ2v) is 11.7. The third kappa shape index (κ3) is 3.54. The van der Waals surface area contributed by atoms with E-state index in [1.165, 1.54) is 12.1 Å². The zero-order valence-electron chi connectivity index (χ0n) is 19.4. The van der Waals surface area contributed by atoms with E-state index in [1.54, 1.807) is 12.1 Å². The minimum atomic E-state index is -2.43. The molecule has 9 nitrogen and oxygen atoms in total. The highest BCUT2D eigenvalue weighted by molar-refractivity contribution is 6.66. The van der Waals surface area contributed by atoms with E-state index in [4.69, 9.17) is 20.3 Å². The van der Waals surface area contributed by atoms with Gasteiger partial charge in [-0.25, -0.2) is 0 Å². The molecule has 0 aliphatic heterocycles. The van der Waals surface area contributed by atoms with Crippen LogP contribution in [-0.2, 0) is 15.4 Å². The van der Waals surface area contributed by atoms with Crippen molar-refractivity contribution >= 4 is 52.3 Å². The Morgan fingerprint density at radius 2 is 1.24 bits per heavy atom. The van der Waals surface area contributed by atoms with E-state index in [1.807, 2.05) is 20.4 Å². The van der Waals surface area contributed by atoms with Crippen molar-refractivity contribution < 1.29 is 8.85 Å². The molecular formula is C24H27N3O6Si. The van der Waals surface area contributed by atoms with Gasteiger partial charge in [0, 0.05) is 30.5 Å². The van der Waals surface area contributed by atoms with E-state index in [9.17, 15) is 19.2 Å².